The molecule has 2 saturated heterocycles. The van der Waals surface area contributed by atoms with Gasteiger partial charge in [0.05, 0.1) is 18.0 Å². The van der Waals surface area contributed by atoms with Gasteiger partial charge >= 0.3 is 0 Å². The van der Waals surface area contributed by atoms with E-state index >= 15 is 0 Å². The molecular weight excluding hydrogens is 326 g/mol. The molecule has 3 heterocycles. The van der Waals surface area contributed by atoms with Crippen LogP contribution in [0.3, 0.4) is 0 Å². The van der Waals surface area contributed by atoms with Crippen molar-refractivity contribution >= 4 is 17.7 Å². The molecule has 0 spiro atoms. The first-order valence-corrected chi connectivity index (χ1v) is 9.69. The van der Waals surface area contributed by atoms with Crippen molar-refractivity contribution < 1.29 is 9.53 Å². The number of morpholine rings is 1. The van der Waals surface area contributed by atoms with Crippen molar-refractivity contribution in [2.45, 2.75) is 50.0 Å². The van der Waals surface area contributed by atoms with E-state index in [1.54, 1.807) is 0 Å². The van der Waals surface area contributed by atoms with Crippen LogP contribution in [-0.2, 0) is 16.6 Å². The molecule has 0 unspecified atom stereocenters. The van der Waals surface area contributed by atoms with Crippen molar-refractivity contribution in [2.24, 2.45) is 7.05 Å². The van der Waals surface area contributed by atoms with E-state index in [0.717, 1.165) is 36.9 Å². The molecule has 134 valence electrons. The third-order valence-electron chi connectivity index (χ3n) is 4.67. The summed E-state index contributed by atoms with van der Waals surface area (Å²) >= 11 is 1.48. The Hall–Kier alpha value is -1.12. The van der Waals surface area contributed by atoms with E-state index in [0.29, 0.717) is 24.8 Å². The van der Waals surface area contributed by atoms with Gasteiger partial charge in [-0.3, -0.25) is 4.79 Å². The van der Waals surface area contributed by atoms with E-state index in [1.807, 2.05) is 25.8 Å². The SMILES string of the molecule is C[C@@H]1CN(C(=O)CSc2nnc(C3CCNCC3)n2C)C[C@H](C)O1. The van der Waals surface area contributed by atoms with Crippen LogP contribution >= 0.6 is 11.8 Å². The fraction of sp³-hybridized carbons (Fsp3) is 0.812. The first-order valence-electron chi connectivity index (χ1n) is 8.70. The van der Waals surface area contributed by atoms with E-state index in [1.165, 1.54) is 11.8 Å². The highest BCUT2D eigenvalue weighted by Crippen LogP contribution is 2.26. The third-order valence-corrected chi connectivity index (χ3v) is 5.67. The standard InChI is InChI=1S/C16H27N5O2S/c1-11-8-21(9-12(2)23-11)14(22)10-24-16-19-18-15(20(16)3)13-4-6-17-7-5-13/h11-13,17H,4-10H2,1-3H3/t11-,12+. The highest BCUT2D eigenvalue weighted by molar-refractivity contribution is 7.99. The minimum atomic E-state index is 0.101. The number of hydrogen-bond donors (Lipinski definition) is 1. The van der Waals surface area contributed by atoms with Gasteiger partial charge in [0.2, 0.25) is 5.91 Å². The van der Waals surface area contributed by atoms with Gasteiger partial charge in [-0.25, -0.2) is 0 Å². The molecule has 2 aliphatic rings. The van der Waals surface area contributed by atoms with Crippen molar-refractivity contribution in [2.75, 3.05) is 31.9 Å². The summed E-state index contributed by atoms with van der Waals surface area (Å²) in [6.07, 6.45) is 2.39. The number of aromatic nitrogens is 3. The Morgan fingerprint density at radius 1 is 1.25 bits per heavy atom. The molecule has 0 saturated carbocycles. The number of thioether (sulfide) groups is 1. The first-order chi connectivity index (χ1) is 11.5. The summed E-state index contributed by atoms with van der Waals surface area (Å²) < 4.78 is 7.74. The number of ether oxygens (including phenoxy) is 1. The van der Waals surface area contributed by atoms with E-state index in [9.17, 15) is 4.79 Å². The molecule has 2 aliphatic heterocycles. The number of piperidine rings is 1. The van der Waals surface area contributed by atoms with Crippen LogP contribution in [0, 0.1) is 0 Å². The Bertz CT molecular complexity index is 563. The second-order valence-corrected chi connectivity index (χ2v) is 7.71. The maximum atomic E-state index is 12.5. The average molecular weight is 353 g/mol. The highest BCUT2D eigenvalue weighted by Gasteiger charge is 2.27. The molecule has 1 N–H and O–H groups in total. The maximum Gasteiger partial charge on any atom is 0.233 e. The molecule has 24 heavy (non-hydrogen) atoms. The number of carbonyl (C=O) groups is 1. The minimum absolute atomic E-state index is 0.101. The predicted molar refractivity (Wildman–Crippen MR) is 93.2 cm³/mol. The van der Waals surface area contributed by atoms with Crippen LogP contribution in [0.15, 0.2) is 5.16 Å². The Morgan fingerprint density at radius 2 is 1.92 bits per heavy atom. The predicted octanol–water partition coefficient (Wildman–Crippen LogP) is 1.01. The fourth-order valence-electron chi connectivity index (χ4n) is 3.49. The van der Waals surface area contributed by atoms with Crippen LogP contribution in [0.4, 0.5) is 0 Å². The van der Waals surface area contributed by atoms with Gasteiger partial charge < -0.3 is 19.5 Å². The lowest BCUT2D eigenvalue weighted by Gasteiger charge is -2.35. The molecule has 2 atom stereocenters. The molecule has 0 aromatic carbocycles. The minimum Gasteiger partial charge on any atom is -0.372 e. The maximum absolute atomic E-state index is 12.5. The Kier molecular flexibility index (Phi) is 5.78. The van der Waals surface area contributed by atoms with Gasteiger partial charge in [-0.15, -0.1) is 10.2 Å². The molecule has 1 aromatic heterocycles. The lowest BCUT2D eigenvalue weighted by molar-refractivity contribution is -0.140. The van der Waals surface area contributed by atoms with Crippen LogP contribution in [-0.4, -0.2) is 69.7 Å². The number of hydrogen-bond acceptors (Lipinski definition) is 6. The second kappa shape index (κ2) is 7.84. The van der Waals surface area contributed by atoms with Crippen molar-refractivity contribution in [3.63, 3.8) is 0 Å². The summed E-state index contributed by atoms with van der Waals surface area (Å²) in [5.74, 6) is 2.06. The van der Waals surface area contributed by atoms with Gasteiger partial charge in [0.25, 0.3) is 0 Å². The van der Waals surface area contributed by atoms with Gasteiger partial charge in [0, 0.05) is 26.1 Å². The molecule has 3 rings (SSSR count). The third kappa shape index (κ3) is 4.10. The number of nitrogens with one attached hydrogen (secondary N) is 1. The largest absolute Gasteiger partial charge is 0.372 e. The van der Waals surface area contributed by atoms with Crippen molar-refractivity contribution in [1.82, 2.24) is 25.0 Å². The Balaban J connectivity index is 1.56. The van der Waals surface area contributed by atoms with Crippen LogP contribution in [0.2, 0.25) is 0 Å². The van der Waals surface area contributed by atoms with Crippen molar-refractivity contribution in [3.8, 4) is 0 Å². The van der Waals surface area contributed by atoms with Gasteiger partial charge in [0.15, 0.2) is 5.16 Å². The van der Waals surface area contributed by atoms with E-state index in [-0.39, 0.29) is 18.1 Å². The van der Waals surface area contributed by atoms with Gasteiger partial charge in [-0.2, -0.15) is 0 Å². The second-order valence-electron chi connectivity index (χ2n) is 6.77. The molecule has 1 amide bonds. The molecule has 2 fully saturated rings. The monoisotopic (exact) mass is 353 g/mol. The summed E-state index contributed by atoms with van der Waals surface area (Å²) in [5.41, 5.74) is 0. The van der Waals surface area contributed by atoms with Gasteiger partial charge in [0.1, 0.15) is 5.82 Å². The zero-order valence-corrected chi connectivity index (χ0v) is 15.5. The Morgan fingerprint density at radius 3 is 2.58 bits per heavy atom. The van der Waals surface area contributed by atoms with Gasteiger partial charge in [-0.05, 0) is 39.8 Å². The number of nitrogens with zero attached hydrogens (tertiary/aromatic N) is 4. The lowest BCUT2D eigenvalue weighted by Crippen LogP contribution is -2.48. The summed E-state index contributed by atoms with van der Waals surface area (Å²) in [5, 5.41) is 12.9. The van der Waals surface area contributed by atoms with E-state index in [4.69, 9.17) is 4.74 Å². The van der Waals surface area contributed by atoms with Crippen LogP contribution < -0.4 is 5.32 Å². The molecule has 7 nitrogen and oxygen atoms in total. The van der Waals surface area contributed by atoms with Crippen molar-refractivity contribution in [3.05, 3.63) is 5.82 Å². The zero-order chi connectivity index (χ0) is 17.1. The molecule has 8 heteroatoms. The van der Waals surface area contributed by atoms with Gasteiger partial charge in [-0.1, -0.05) is 11.8 Å². The summed E-state index contributed by atoms with van der Waals surface area (Å²) in [4.78, 5) is 14.4. The van der Waals surface area contributed by atoms with Crippen LogP contribution in [0.25, 0.3) is 0 Å². The van der Waals surface area contributed by atoms with E-state index < -0.39 is 0 Å². The fourth-order valence-corrected chi connectivity index (χ4v) is 4.31. The zero-order valence-electron chi connectivity index (χ0n) is 14.7. The molecule has 0 aliphatic carbocycles. The van der Waals surface area contributed by atoms with E-state index in [2.05, 4.69) is 20.1 Å². The van der Waals surface area contributed by atoms with Crippen LogP contribution in [0.1, 0.15) is 38.4 Å². The Labute approximate surface area is 147 Å². The molecule has 1 aromatic rings. The number of carbonyl (C=O) groups excluding carboxylic acids is 1. The molecule has 0 radical (unpaired) electrons. The lowest BCUT2D eigenvalue weighted by atomic mass is 9.97. The molecule has 0 bridgehead atoms. The molecular formula is C16H27N5O2S. The highest BCUT2D eigenvalue weighted by atomic mass is 32.2. The van der Waals surface area contributed by atoms with Crippen LogP contribution in [0.5, 0.6) is 0 Å². The quantitative estimate of drug-likeness (QED) is 0.815. The summed E-state index contributed by atoms with van der Waals surface area (Å²) in [6.45, 7) is 7.43. The van der Waals surface area contributed by atoms with Crippen molar-refractivity contribution in [1.29, 1.82) is 0 Å². The number of rotatable bonds is 4. The smallest absolute Gasteiger partial charge is 0.233 e. The summed E-state index contributed by atoms with van der Waals surface area (Å²) in [7, 11) is 2.00. The first kappa shape index (κ1) is 17.7. The normalized spacial score (nSPS) is 25.9. The topological polar surface area (TPSA) is 72.3 Å². The summed E-state index contributed by atoms with van der Waals surface area (Å²) in [6, 6.07) is 0. The number of amides is 1. The average Bonchev–Trinajstić information content (AvgIpc) is 2.93.